The number of aromatic nitrogens is 1. The Hall–Kier alpha value is -3.03. The van der Waals surface area contributed by atoms with Crippen LogP contribution in [-0.2, 0) is 26.5 Å². The van der Waals surface area contributed by atoms with Gasteiger partial charge >= 0.3 is 0 Å². The molecule has 1 heterocycles. The van der Waals surface area contributed by atoms with Crippen LogP contribution in [0, 0.1) is 0 Å². The van der Waals surface area contributed by atoms with Crippen molar-refractivity contribution in [1.29, 1.82) is 0 Å². The van der Waals surface area contributed by atoms with Crippen molar-refractivity contribution in [1.82, 2.24) is 10.3 Å². The average Bonchev–Trinajstić information content (AvgIpc) is 3.21. The second-order valence-electron chi connectivity index (χ2n) is 8.49. The van der Waals surface area contributed by atoms with Crippen molar-refractivity contribution in [3.8, 4) is 0 Å². The molecule has 1 N–H and O–H groups in total. The van der Waals surface area contributed by atoms with Gasteiger partial charge in [0.25, 0.3) is 0 Å². The van der Waals surface area contributed by atoms with Crippen LogP contribution in [0.2, 0.25) is 0 Å². The first-order valence-electron chi connectivity index (χ1n) is 10.7. The minimum atomic E-state index is -3.27. The molecule has 4 rings (SSSR count). The first kappa shape index (κ1) is 23.1. The van der Waals surface area contributed by atoms with Crippen LogP contribution < -0.4 is 5.32 Å². The molecule has 0 spiro atoms. The molecule has 1 aromatic heterocycles. The number of fused-ring (bicyclic) bond motifs is 1. The van der Waals surface area contributed by atoms with Crippen molar-refractivity contribution in [2.75, 3.05) is 6.26 Å². The third kappa shape index (κ3) is 4.99. The number of nitrogens with one attached hydrogen (secondary N) is 1. The molecule has 2 unspecified atom stereocenters. The molecule has 7 heteroatoms. The Bertz CT molecular complexity index is 1350. The van der Waals surface area contributed by atoms with Gasteiger partial charge in [0.2, 0.25) is 5.91 Å². The summed E-state index contributed by atoms with van der Waals surface area (Å²) in [7, 11) is -3.27. The van der Waals surface area contributed by atoms with Crippen LogP contribution in [0.1, 0.15) is 36.0 Å². The van der Waals surface area contributed by atoms with Gasteiger partial charge in [-0.05, 0) is 49.2 Å². The maximum absolute atomic E-state index is 13.7. The number of rotatable bonds is 7. The smallest absolute Gasteiger partial charge is 0.231 e. The Balaban J connectivity index is 1.62. The molecule has 0 saturated heterocycles. The lowest BCUT2D eigenvalue weighted by molar-refractivity contribution is -0.126. The van der Waals surface area contributed by atoms with Gasteiger partial charge < -0.3 is 5.32 Å². The summed E-state index contributed by atoms with van der Waals surface area (Å²) in [5, 5.41) is 4.04. The van der Waals surface area contributed by atoms with Crippen molar-refractivity contribution in [3.05, 3.63) is 95.0 Å². The summed E-state index contributed by atoms with van der Waals surface area (Å²) >= 11 is 1.61. The Morgan fingerprint density at radius 2 is 1.64 bits per heavy atom. The van der Waals surface area contributed by atoms with Crippen molar-refractivity contribution >= 4 is 37.3 Å². The summed E-state index contributed by atoms with van der Waals surface area (Å²) in [6, 6.07) is 24.1. The van der Waals surface area contributed by atoms with Crippen LogP contribution >= 0.6 is 11.3 Å². The molecule has 2 atom stereocenters. The summed E-state index contributed by atoms with van der Waals surface area (Å²) in [5.41, 5.74) is 1.87. The van der Waals surface area contributed by atoms with Gasteiger partial charge in [0, 0.05) is 12.7 Å². The number of carbonyl (C=O) groups excluding carboxylic acids is 1. The van der Waals surface area contributed by atoms with E-state index in [0.29, 0.717) is 6.42 Å². The van der Waals surface area contributed by atoms with Gasteiger partial charge in [-0.1, -0.05) is 54.6 Å². The van der Waals surface area contributed by atoms with E-state index in [4.69, 9.17) is 4.98 Å². The zero-order chi connectivity index (χ0) is 23.6. The van der Waals surface area contributed by atoms with Crippen LogP contribution in [0.15, 0.2) is 83.8 Å². The fourth-order valence-corrected chi connectivity index (χ4v) is 5.61. The fourth-order valence-electron chi connectivity index (χ4n) is 3.86. The molecule has 5 nitrogen and oxygen atoms in total. The molecule has 1 amide bonds. The van der Waals surface area contributed by atoms with Gasteiger partial charge in [0.05, 0.1) is 31.6 Å². The number of sulfone groups is 1. The molecule has 0 saturated carbocycles. The summed E-state index contributed by atoms with van der Waals surface area (Å²) in [5.74, 6) is -0.104. The summed E-state index contributed by atoms with van der Waals surface area (Å²) in [6.07, 6.45) is 1.66. The average molecular weight is 479 g/mol. The maximum Gasteiger partial charge on any atom is 0.231 e. The molecule has 3 aromatic carbocycles. The van der Waals surface area contributed by atoms with Crippen molar-refractivity contribution in [2.45, 2.75) is 36.6 Å². The second kappa shape index (κ2) is 9.08. The first-order chi connectivity index (χ1) is 15.7. The number of hydrogen-bond acceptors (Lipinski definition) is 5. The van der Waals surface area contributed by atoms with Gasteiger partial charge in [0.1, 0.15) is 0 Å². The second-order valence-corrected chi connectivity index (χ2v) is 11.6. The third-order valence-electron chi connectivity index (χ3n) is 5.91. The number of para-hydroxylation sites is 1. The Morgan fingerprint density at radius 1 is 1.00 bits per heavy atom. The molecular weight excluding hydrogens is 452 g/mol. The molecule has 0 aliphatic rings. The predicted octanol–water partition coefficient (Wildman–Crippen LogP) is 5.08. The highest BCUT2D eigenvalue weighted by molar-refractivity contribution is 7.90. The molecule has 4 aromatic rings. The number of hydrogen-bond donors (Lipinski definition) is 1. The largest absolute Gasteiger partial charge is 0.349 e. The van der Waals surface area contributed by atoms with Gasteiger partial charge in [-0.2, -0.15) is 0 Å². The fraction of sp³-hybridized carbons (Fsp3) is 0.231. The third-order valence-corrected chi connectivity index (χ3v) is 8.08. The highest BCUT2D eigenvalue weighted by Crippen LogP contribution is 2.33. The van der Waals surface area contributed by atoms with Gasteiger partial charge in [0.15, 0.2) is 9.84 Å². The summed E-state index contributed by atoms with van der Waals surface area (Å²) < 4.78 is 24.6. The molecular formula is C26H26N2O3S2. The molecule has 33 heavy (non-hydrogen) atoms. The van der Waals surface area contributed by atoms with E-state index in [1.807, 2.05) is 68.4 Å². The topological polar surface area (TPSA) is 76.1 Å². The lowest BCUT2D eigenvalue weighted by Crippen LogP contribution is -2.44. The summed E-state index contributed by atoms with van der Waals surface area (Å²) in [6.45, 7) is 3.85. The molecule has 0 bridgehead atoms. The Labute approximate surface area is 198 Å². The van der Waals surface area contributed by atoms with Crippen LogP contribution in [0.3, 0.4) is 0 Å². The van der Waals surface area contributed by atoms with Gasteiger partial charge in [-0.15, -0.1) is 11.3 Å². The standard InChI is InChI=1S/C26H26N2O3S2/c1-18(19-13-15-21(16-14-19)33(3,30)31)27-25(29)26(2,20-9-5-4-6-10-20)17-24-28-22-11-7-8-12-23(22)32-24/h4-16,18H,17H2,1-3H3,(H,27,29). The number of amides is 1. The SMILES string of the molecule is CC(NC(=O)C(C)(Cc1nc2ccccc2s1)c1ccccc1)c1ccc(S(C)(=O)=O)cc1. The molecule has 0 fully saturated rings. The van der Waals surface area contributed by atoms with Crippen molar-refractivity contribution < 1.29 is 13.2 Å². The van der Waals surface area contributed by atoms with E-state index in [1.54, 1.807) is 35.6 Å². The van der Waals surface area contributed by atoms with Crippen molar-refractivity contribution in [2.24, 2.45) is 0 Å². The first-order valence-corrected chi connectivity index (χ1v) is 13.4. The van der Waals surface area contributed by atoms with Gasteiger partial charge in [-0.3, -0.25) is 4.79 Å². The highest BCUT2D eigenvalue weighted by Gasteiger charge is 2.37. The molecule has 170 valence electrons. The normalized spacial score (nSPS) is 14.5. The molecule has 0 radical (unpaired) electrons. The number of benzene rings is 3. The Morgan fingerprint density at radius 3 is 2.27 bits per heavy atom. The minimum Gasteiger partial charge on any atom is -0.349 e. The van der Waals surface area contributed by atoms with Crippen LogP contribution in [-0.4, -0.2) is 25.6 Å². The predicted molar refractivity (Wildman–Crippen MR) is 133 cm³/mol. The summed E-state index contributed by atoms with van der Waals surface area (Å²) in [4.78, 5) is 18.7. The number of carbonyl (C=O) groups is 1. The highest BCUT2D eigenvalue weighted by atomic mass is 32.2. The van der Waals surface area contributed by atoms with E-state index in [-0.39, 0.29) is 16.8 Å². The zero-order valence-electron chi connectivity index (χ0n) is 18.8. The van der Waals surface area contributed by atoms with Crippen LogP contribution in [0.25, 0.3) is 10.2 Å². The molecule has 0 aliphatic carbocycles. The van der Waals surface area contributed by atoms with E-state index in [0.717, 1.165) is 26.4 Å². The van der Waals surface area contributed by atoms with E-state index in [2.05, 4.69) is 5.32 Å². The Kier molecular flexibility index (Phi) is 6.36. The maximum atomic E-state index is 13.7. The van der Waals surface area contributed by atoms with E-state index >= 15 is 0 Å². The van der Waals surface area contributed by atoms with Crippen molar-refractivity contribution in [3.63, 3.8) is 0 Å². The van der Waals surface area contributed by atoms with E-state index in [9.17, 15) is 13.2 Å². The zero-order valence-corrected chi connectivity index (χ0v) is 20.4. The number of nitrogens with zero attached hydrogens (tertiary/aromatic N) is 1. The lowest BCUT2D eigenvalue weighted by Gasteiger charge is -2.30. The quantitative estimate of drug-likeness (QED) is 0.402. The van der Waals surface area contributed by atoms with E-state index < -0.39 is 15.3 Å². The lowest BCUT2D eigenvalue weighted by atomic mass is 9.78. The monoisotopic (exact) mass is 478 g/mol. The van der Waals surface area contributed by atoms with E-state index in [1.165, 1.54) is 6.26 Å². The van der Waals surface area contributed by atoms with Gasteiger partial charge in [-0.25, -0.2) is 13.4 Å². The number of thiazole rings is 1. The molecule has 0 aliphatic heterocycles. The van der Waals surface area contributed by atoms with Crippen LogP contribution in [0.5, 0.6) is 0 Å². The minimum absolute atomic E-state index is 0.104. The van der Waals surface area contributed by atoms with Crippen LogP contribution in [0.4, 0.5) is 0 Å².